The minimum absolute atomic E-state index is 0.206. The van der Waals surface area contributed by atoms with Crippen LogP contribution in [0.1, 0.15) is 5.56 Å². The molecule has 0 bridgehead atoms. The summed E-state index contributed by atoms with van der Waals surface area (Å²) in [7, 11) is 0. The third-order valence-electron chi connectivity index (χ3n) is 1.87. The van der Waals surface area contributed by atoms with Crippen LogP contribution in [0.15, 0.2) is 10.5 Å². The standard InChI is InChI=1S/C8H7BrN2OS/c1-3-4(9)2-5-6(7(3)12)11-8(10)13-5/h2,12H,1H3,(H2,10,11). The number of hydrogen-bond acceptors (Lipinski definition) is 4. The molecule has 68 valence electrons. The Morgan fingerprint density at radius 1 is 1.62 bits per heavy atom. The highest BCUT2D eigenvalue weighted by atomic mass is 79.9. The minimum atomic E-state index is 0.206. The summed E-state index contributed by atoms with van der Waals surface area (Å²) in [5, 5.41) is 10.2. The molecule has 0 aliphatic rings. The summed E-state index contributed by atoms with van der Waals surface area (Å²) >= 11 is 4.72. The quantitative estimate of drug-likeness (QED) is 0.764. The lowest BCUT2D eigenvalue weighted by Crippen LogP contribution is -1.81. The summed E-state index contributed by atoms with van der Waals surface area (Å²) in [5.74, 6) is 0.206. The van der Waals surface area contributed by atoms with Crippen molar-refractivity contribution in [3.8, 4) is 5.75 Å². The molecule has 0 saturated heterocycles. The average Bonchev–Trinajstić information content (AvgIpc) is 2.42. The molecule has 1 heterocycles. The largest absolute Gasteiger partial charge is 0.505 e. The summed E-state index contributed by atoms with van der Waals surface area (Å²) in [4.78, 5) is 4.04. The van der Waals surface area contributed by atoms with E-state index in [0.717, 1.165) is 14.7 Å². The predicted octanol–water partition coefficient (Wildman–Crippen LogP) is 2.66. The Balaban J connectivity index is 2.92. The third kappa shape index (κ3) is 1.28. The fraction of sp³-hybridized carbons (Fsp3) is 0.125. The van der Waals surface area contributed by atoms with E-state index >= 15 is 0 Å². The van der Waals surface area contributed by atoms with E-state index in [9.17, 15) is 5.11 Å². The van der Waals surface area contributed by atoms with Gasteiger partial charge in [0.15, 0.2) is 5.13 Å². The van der Waals surface area contributed by atoms with E-state index in [-0.39, 0.29) is 5.75 Å². The van der Waals surface area contributed by atoms with Crippen molar-refractivity contribution in [1.29, 1.82) is 0 Å². The lowest BCUT2D eigenvalue weighted by Gasteiger charge is -2.00. The molecule has 1 aromatic carbocycles. The molecule has 0 radical (unpaired) electrons. The topological polar surface area (TPSA) is 59.1 Å². The highest BCUT2D eigenvalue weighted by Crippen LogP contribution is 2.36. The van der Waals surface area contributed by atoms with Crippen LogP contribution in [0.3, 0.4) is 0 Å². The Labute approximate surface area is 87.3 Å². The number of anilines is 1. The Morgan fingerprint density at radius 2 is 2.31 bits per heavy atom. The van der Waals surface area contributed by atoms with Crippen molar-refractivity contribution in [2.24, 2.45) is 0 Å². The van der Waals surface area contributed by atoms with Crippen LogP contribution in [0.25, 0.3) is 10.2 Å². The Hall–Kier alpha value is -0.810. The number of thiazole rings is 1. The Bertz CT molecular complexity index is 480. The number of aromatic hydroxyl groups is 1. The number of rotatable bonds is 0. The summed E-state index contributed by atoms with van der Waals surface area (Å²) in [6.07, 6.45) is 0. The first kappa shape index (κ1) is 8.77. The monoisotopic (exact) mass is 258 g/mol. The minimum Gasteiger partial charge on any atom is -0.505 e. The molecule has 2 rings (SSSR count). The number of nitrogen functional groups attached to an aromatic ring is 1. The molecular weight excluding hydrogens is 252 g/mol. The molecule has 3 nitrogen and oxygen atoms in total. The second-order valence-electron chi connectivity index (χ2n) is 2.73. The zero-order valence-corrected chi connectivity index (χ0v) is 9.24. The van der Waals surface area contributed by atoms with Gasteiger partial charge in [0.25, 0.3) is 0 Å². The number of phenolic OH excluding ortho intramolecular Hbond substituents is 1. The maximum absolute atomic E-state index is 9.71. The molecule has 2 aromatic rings. The van der Waals surface area contributed by atoms with Crippen molar-refractivity contribution >= 4 is 42.6 Å². The third-order valence-corrected chi connectivity index (χ3v) is 3.52. The number of nitrogens with zero attached hydrogens (tertiary/aromatic N) is 1. The molecule has 0 aliphatic heterocycles. The van der Waals surface area contributed by atoms with Crippen molar-refractivity contribution in [3.63, 3.8) is 0 Å². The van der Waals surface area contributed by atoms with Crippen LogP contribution < -0.4 is 5.73 Å². The van der Waals surface area contributed by atoms with Crippen LogP contribution in [0.4, 0.5) is 5.13 Å². The van der Waals surface area contributed by atoms with Gasteiger partial charge in [-0.15, -0.1) is 0 Å². The number of halogens is 1. The zero-order chi connectivity index (χ0) is 9.59. The van der Waals surface area contributed by atoms with E-state index in [0.29, 0.717) is 10.6 Å². The van der Waals surface area contributed by atoms with E-state index in [1.165, 1.54) is 11.3 Å². The van der Waals surface area contributed by atoms with Gasteiger partial charge in [-0.05, 0) is 13.0 Å². The number of benzene rings is 1. The number of phenols is 1. The molecule has 1 aromatic heterocycles. The Kier molecular flexibility index (Phi) is 1.92. The summed E-state index contributed by atoms with van der Waals surface area (Å²) in [6.45, 7) is 1.83. The van der Waals surface area contributed by atoms with E-state index in [2.05, 4.69) is 20.9 Å². The lowest BCUT2D eigenvalue weighted by atomic mass is 10.2. The lowest BCUT2D eigenvalue weighted by molar-refractivity contribution is 0.476. The molecule has 3 N–H and O–H groups in total. The van der Waals surface area contributed by atoms with Gasteiger partial charge in [0, 0.05) is 10.0 Å². The van der Waals surface area contributed by atoms with Gasteiger partial charge in [0.1, 0.15) is 11.3 Å². The molecule has 0 unspecified atom stereocenters. The van der Waals surface area contributed by atoms with E-state index < -0.39 is 0 Å². The molecule has 13 heavy (non-hydrogen) atoms. The van der Waals surface area contributed by atoms with Crippen LogP contribution in [0.2, 0.25) is 0 Å². The van der Waals surface area contributed by atoms with Gasteiger partial charge < -0.3 is 10.8 Å². The van der Waals surface area contributed by atoms with Crippen molar-refractivity contribution in [2.45, 2.75) is 6.92 Å². The SMILES string of the molecule is Cc1c(Br)cc2sc(N)nc2c1O. The summed E-state index contributed by atoms with van der Waals surface area (Å²) < 4.78 is 1.77. The van der Waals surface area contributed by atoms with E-state index in [1.54, 1.807) is 0 Å². The summed E-state index contributed by atoms with van der Waals surface area (Å²) in [6, 6.07) is 1.92. The highest BCUT2D eigenvalue weighted by Gasteiger charge is 2.11. The van der Waals surface area contributed by atoms with Crippen LogP contribution >= 0.6 is 27.3 Å². The second-order valence-corrected chi connectivity index (χ2v) is 4.65. The van der Waals surface area contributed by atoms with Crippen molar-refractivity contribution in [1.82, 2.24) is 4.98 Å². The van der Waals surface area contributed by atoms with Crippen LogP contribution in [0.5, 0.6) is 5.75 Å². The zero-order valence-electron chi connectivity index (χ0n) is 6.84. The van der Waals surface area contributed by atoms with Gasteiger partial charge in [-0.25, -0.2) is 4.98 Å². The summed E-state index contributed by atoms with van der Waals surface area (Å²) in [5.41, 5.74) is 6.92. The first-order valence-electron chi connectivity index (χ1n) is 3.63. The smallest absolute Gasteiger partial charge is 0.181 e. The maximum atomic E-state index is 9.71. The van der Waals surface area contributed by atoms with Gasteiger partial charge in [-0.3, -0.25) is 0 Å². The average molecular weight is 259 g/mol. The predicted molar refractivity (Wildman–Crippen MR) is 58.1 cm³/mol. The first-order chi connectivity index (χ1) is 6.09. The fourth-order valence-electron chi connectivity index (χ4n) is 1.13. The Morgan fingerprint density at radius 3 is 3.00 bits per heavy atom. The molecule has 0 spiro atoms. The van der Waals surface area contributed by atoms with Crippen molar-refractivity contribution < 1.29 is 5.11 Å². The highest BCUT2D eigenvalue weighted by molar-refractivity contribution is 9.10. The number of nitrogens with two attached hydrogens (primary N) is 1. The fourth-order valence-corrected chi connectivity index (χ4v) is 2.48. The van der Waals surface area contributed by atoms with Gasteiger partial charge >= 0.3 is 0 Å². The van der Waals surface area contributed by atoms with E-state index in [4.69, 9.17) is 5.73 Å². The molecule has 0 aliphatic carbocycles. The molecule has 0 amide bonds. The number of hydrogen-bond donors (Lipinski definition) is 2. The van der Waals surface area contributed by atoms with Gasteiger partial charge in [0.2, 0.25) is 0 Å². The molecule has 0 saturated carbocycles. The maximum Gasteiger partial charge on any atom is 0.181 e. The first-order valence-corrected chi connectivity index (χ1v) is 5.24. The molecule has 0 atom stereocenters. The normalized spacial score (nSPS) is 10.9. The molecular formula is C8H7BrN2OS. The van der Waals surface area contributed by atoms with Crippen LogP contribution in [-0.2, 0) is 0 Å². The van der Waals surface area contributed by atoms with Crippen molar-refractivity contribution in [3.05, 3.63) is 16.1 Å². The van der Waals surface area contributed by atoms with E-state index in [1.807, 2.05) is 13.0 Å². The van der Waals surface area contributed by atoms with Gasteiger partial charge in [0.05, 0.1) is 4.70 Å². The number of fused-ring (bicyclic) bond motifs is 1. The van der Waals surface area contributed by atoms with Crippen molar-refractivity contribution in [2.75, 3.05) is 5.73 Å². The number of aromatic nitrogens is 1. The second kappa shape index (κ2) is 2.85. The molecule has 0 fully saturated rings. The van der Waals surface area contributed by atoms with Gasteiger partial charge in [-0.2, -0.15) is 0 Å². The van der Waals surface area contributed by atoms with Crippen LogP contribution in [-0.4, -0.2) is 10.1 Å². The van der Waals surface area contributed by atoms with Crippen LogP contribution in [0, 0.1) is 6.92 Å². The molecule has 5 heteroatoms. The van der Waals surface area contributed by atoms with Gasteiger partial charge in [-0.1, -0.05) is 27.3 Å².